The van der Waals surface area contributed by atoms with Crippen molar-refractivity contribution in [2.24, 2.45) is 0 Å². The minimum atomic E-state index is -0.823. The first-order chi connectivity index (χ1) is 10.5. The fourth-order valence-electron chi connectivity index (χ4n) is 1.85. The Morgan fingerprint density at radius 2 is 1.86 bits per heavy atom. The molecule has 0 saturated heterocycles. The molecule has 0 aliphatic heterocycles. The van der Waals surface area contributed by atoms with Gasteiger partial charge < -0.3 is 10.1 Å². The zero-order valence-electron chi connectivity index (χ0n) is 12.3. The predicted octanol–water partition coefficient (Wildman–Crippen LogP) is 2.62. The molecule has 1 amide bonds. The molecule has 1 saturated carbocycles. The highest BCUT2D eigenvalue weighted by molar-refractivity contribution is 9.10. The molecule has 2 rings (SSSR count). The van der Waals surface area contributed by atoms with Crippen LogP contribution in [-0.2, 0) is 14.3 Å². The molecular weight excluding hydrogens is 350 g/mol. The van der Waals surface area contributed by atoms with Gasteiger partial charge in [0.25, 0.3) is 5.91 Å². The van der Waals surface area contributed by atoms with Crippen molar-refractivity contribution in [2.75, 3.05) is 0 Å². The lowest BCUT2D eigenvalue weighted by atomic mass is 10.1. The molecule has 0 radical (unpaired) electrons. The van der Waals surface area contributed by atoms with Crippen LogP contribution in [-0.4, -0.2) is 29.8 Å². The van der Waals surface area contributed by atoms with Crippen LogP contribution >= 0.6 is 15.9 Å². The molecule has 0 unspecified atom stereocenters. The van der Waals surface area contributed by atoms with E-state index in [1.165, 1.54) is 6.92 Å². The summed E-state index contributed by atoms with van der Waals surface area (Å²) in [5.41, 5.74) is 0.551. The third kappa shape index (κ3) is 5.26. The summed E-state index contributed by atoms with van der Waals surface area (Å²) in [6, 6.07) is 7.17. The van der Waals surface area contributed by atoms with Crippen molar-refractivity contribution in [3.63, 3.8) is 0 Å². The number of carbonyl (C=O) groups excluding carboxylic acids is 3. The van der Waals surface area contributed by atoms with Gasteiger partial charge in [-0.2, -0.15) is 0 Å². The summed E-state index contributed by atoms with van der Waals surface area (Å²) in [5.74, 6) is -0.946. The first-order valence-corrected chi connectivity index (χ1v) is 8.03. The van der Waals surface area contributed by atoms with Crippen LogP contribution in [0.25, 0.3) is 0 Å². The van der Waals surface area contributed by atoms with Crippen LogP contribution in [0.1, 0.15) is 43.0 Å². The SMILES string of the molecule is C[C@H](OC(=O)CCC(=O)c1ccc(Br)cc1)C(=O)NC1CC1. The number of carbonyl (C=O) groups is 3. The Labute approximate surface area is 137 Å². The van der Waals surface area contributed by atoms with E-state index in [0.29, 0.717) is 5.56 Å². The van der Waals surface area contributed by atoms with Crippen molar-refractivity contribution >= 4 is 33.6 Å². The standard InChI is InChI=1S/C16H18BrNO4/c1-10(16(21)18-13-6-7-13)22-15(20)9-8-14(19)11-2-4-12(17)5-3-11/h2-5,10,13H,6-9H2,1H3,(H,18,21)/t10-/m0/s1. The molecule has 1 fully saturated rings. The second-order valence-electron chi connectivity index (χ2n) is 5.35. The average molecular weight is 368 g/mol. The van der Waals surface area contributed by atoms with Crippen molar-refractivity contribution in [2.45, 2.75) is 44.8 Å². The molecule has 5 nitrogen and oxygen atoms in total. The maximum atomic E-state index is 11.9. The van der Waals surface area contributed by atoms with Gasteiger partial charge in [-0.15, -0.1) is 0 Å². The largest absolute Gasteiger partial charge is 0.453 e. The Balaban J connectivity index is 1.73. The molecule has 1 atom stereocenters. The van der Waals surface area contributed by atoms with E-state index in [2.05, 4.69) is 21.2 Å². The normalized spacial score (nSPS) is 15.0. The van der Waals surface area contributed by atoms with E-state index in [1.807, 2.05) is 0 Å². The summed E-state index contributed by atoms with van der Waals surface area (Å²) in [6.45, 7) is 1.53. The molecule has 22 heavy (non-hydrogen) atoms. The van der Waals surface area contributed by atoms with Gasteiger partial charge in [0.1, 0.15) is 0 Å². The lowest BCUT2D eigenvalue weighted by molar-refractivity contribution is -0.154. The molecule has 1 N–H and O–H groups in total. The smallest absolute Gasteiger partial charge is 0.307 e. The molecule has 0 spiro atoms. The maximum absolute atomic E-state index is 11.9. The Bertz CT molecular complexity index is 566. The van der Waals surface area contributed by atoms with Gasteiger partial charge in [-0.05, 0) is 31.9 Å². The number of esters is 1. The summed E-state index contributed by atoms with van der Waals surface area (Å²) >= 11 is 3.30. The van der Waals surface area contributed by atoms with E-state index in [9.17, 15) is 14.4 Å². The highest BCUT2D eigenvalue weighted by Crippen LogP contribution is 2.19. The van der Waals surface area contributed by atoms with Gasteiger partial charge in [-0.3, -0.25) is 14.4 Å². The minimum Gasteiger partial charge on any atom is -0.453 e. The summed E-state index contributed by atoms with van der Waals surface area (Å²) in [7, 11) is 0. The summed E-state index contributed by atoms with van der Waals surface area (Å²) in [4.78, 5) is 35.3. The topological polar surface area (TPSA) is 72.5 Å². The van der Waals surface area contributed by atoms with Gasteiger partial charge in [-0.1, -0.05) is 28.1 Å². The molecule has 0 aromatic heterocycles. The summed E-state index contributed by atoms with van der Waals surface area (Å²) < 4.78 is 5.92. The predicted molar refractivity (Wildman–Crippen MR) is 84.4 cm³/mol. The molecule has 118 valence electrons. The van der Waals surface area contributed by atoms with Crippen LogP contribution < -0.4 is 5.32 Å². The van der Waals surface area contributed by atoms with Gasteiger partial charge >= 0.3 is 5.97 Å². The molecule has 0 heterocycles. The number of benzene rings is 1. The summed E-state index contributed by atoms with van der Waals surface area (Å²) in [6.07, 6.45) is 1.17. The molecule has 0 bridgehead atoms. The molecular formula is C16H18BrNO4. The van der Waals surface area contributed by atoms with Crippen molar-refractivity contribution < 1.29 is 19.1 Å². The van der Waals surface area contributed by atoms with Crippen molar-refractivity contribution in [1.29, 1.82) is 0 Å². The van der Waals surface area contributed by atoms with E-state index < -0.39 is 12.1 Å². The van der Waals surface area contributed by atoms with E-state index in [0.717, 1.165) is 17.3 Å². The molecule has 6 heteroatoms. The number of ether oxygens (including phenoxy) is 1. The van der Waals surface area contributed by atoms with Gasteiger partial charge in [0.2, 0.25) is 0 Å². The molecule has 1 aromatic carbocycles. The van der Waals surface area contributed by atoms with Crippen LogP contribution in [0, 0.1) is 0 Å². The quantitative estimate of drug-likeness (QED) is 0.593. The lowest BCUT2D eigenvalue weighted by Gasteiger charge is -2.12. The van der Waals surface area contributed by atoms with Crippen molar-refractivity contribution in [3.05, 3.63) is 34.3 Å². The number of hydrogen-bond donors (Lipinski definition) is 1. The number of Topliss-reactive ketones (excluding diaryl/α,β-unsaturated/α-hetero) is 1. The van der Waals surface area contributed by atoms with Crippen LogP contribution in [0.2, 0.25) is 0 Å². The number of halogens is 1. The van der Waals surface area contributed by atoms with Gasteiger partial charge in [0.05, 0.1) is 6.42 Å². The Hall–Kier alpha value is -1.69. The fourth-order valence-corrected chi connectivity index (χ4v) is 2.12. The highest BCUT2D eigenvalue weighted by atomic mass is 79.9. The van der Waals surface area contributed by atoms with Crippen LogP contribution in [0.5, 0.6) is 0 Å². The van der Waals surface area contributed by atoms with Gasteiger partial charge in [-0.25, -0.2) is 0 Å². The maximum Gasteiger partial charge on any atom is 0.307 e. The number of hydrogen-bond acceptors (Lipinski definition) is 4. The average Bonchev–Trinajstić information content (AvgIpc) is 3.29. The van der Waals surface area contributed by atoms with Crippen LogP contribution in [0.4, 0.5) is 0 Å². The first-order valence-electron chi connectivity index (χ1n) is 7.24. The second kappa shape index (κ2) is 7.54. The minimum absolute atomic E-state index is 0.0318. The number of ketones is 1. The van der Waals surface area contributed by atoms with Crippen LogP contribution in [0.15, 0.2) is 28.7 Å². The number of rotatable bonds is 7. The van der Waals surface area contributed by atoms with Gasteiger partial charge in [0.15, 0.2) is 11.9 Å². The number of nitrogens with one attached hydrogen (secondary N) is 1. The summed E-state index contributed by atoms with van der Waals surface area (Å²) in [5, 5.41) is 2.77. The van der Waals surface area contributed by atoms with E-state index in [1.54, 1.807) is 24.3 Å². The number of amides is 1. The Morgan fingerprint density at radius 3 is 2.45 bits per heavy atom. The van der Waals surface area contributed by atoms with E-state index >= 15 is 0 Å². The van der Waals surface area contributed by atoms with Gasteiger partial charge in [0, 0.05) is 22.5 Å². The molecule has 1 aliphatic carbocycles. The van der Waals surface area contributed by atoms with Crippen molar-refractivity contribution in [1.82, 2.24) is 5.32 Å². The van der Waals surface area contributed by atoms with Crippen molar-refractivity contribution in [3.8, 4) is 0 Å². The first kappa shape index (κ1) is 16.7. The Kier molecular flexibility index (Phi) is 5.71. The highest BCUT2D eigenvalue weighted by Gasteiger charge is 2.27. The molecule has 1 aromatic rings. The zero-order valence-corrected chi connectivity index (χ0v) is 13.9. The third-order valence-corrected chi connectivity index (χ3v) is 3.85. The third-order valence-electron chi connectivity index (χ3n) is 3.32. The van der Waals surface area contributed by atoms with Crippen LogP contribution in [0.3, 0.4) is 0 Å². The fraction of sp³-hybridized carbons (Fsp3) is 0.438. The van der Waals surface area contributed by atoms with E-state index in [-0.39, 0.29) is 30.6 Å². The van der Waals surface area contributed by atoms with E-state index in [4.69, 9.17) is 4.74 Å². The Morgan fingerprint density at radius 1 is 1.23 bits per heavy atom. The lowest BCUT2D eigenvalue weighted by Crippen LogP contribution is -2.37. The second-order valence-corrected chi connectivity index (χ2v) is 6.26. The molecule has 1 aliphatic rings. The monoisotopic (exact) mass is 367 g/mol. The zero-order chi connectivity index (χ0) is 16.1.